The van der Waals surface area contributed by atoms with Crippen LogP contribution in [-0.4, -0.2) is 13.3 Å². The molecule has 0 aliphatic rings. The Balaban J connectivity index is 2.63. The van der Waals surface area contributed by atoms with E-state index in [0.717, 1.165) is 11.4 Å². The van der Waals surface area contributed by atoms with Crippen molar-refractivity contribution < 1.29 is 4.43 Å². The Labute approximate surface area is 86.8 Å². The maximum atomic E-state index is 5.76. The van der Waals surface area contributed by atoms with Crippen LogP contribution >= 0.6 is 0 Å². The minimum Gasteiger partial charge on any atom is -0.412 e. The van der Waals surface area contributed by atoms with Gasteiger partial charge in [-0.25, -0.2) is 0 Å². The van der Waals surface area contributed by atoms with Crippen molar-refractivity contribution in [3.8, 4) is 0 Å². The minimum atomic E-state index is -1.43. The average molecular weight is 207 g/mol. The quantitative estimate of drug-likeness (QED) is 0.708. The van der Waals surface area contributed by atoms with E-state index in [1.165, 1.54) is 0 Å². The number of nitrogens with zero attached hydrogens (tertiary/aromatic N) is 1. The Morgan fingerprint density at radius 1 is 1.43 bits per heavy atom. The van der Waals surface area contributed by atoms with Crippen molar-refractivity contribution in [2.45, 2.75) is 26.2 Å². The molecule has 1 aromatic heterocycles. The van der Waals surface area contributed by atoms with Crippen LogP contribution < -0.4 is 0 Å². The van der Waals surface area contributed by atoms with E-state index >= 15 is 0 Å². The maximum absolute atomic E-state index is 5.76. The molecule has 3 heteroatoms. The SMILES string of the molecule is C=Cc1cccc(CO[Si](C)(C)C)n1. The lowest BCUT2D eigenvalue weighted by atomic mass is 10.3. The highest BCUT2D eigenvalue weighted by atomic mass is 28.4. The molecule has 0 radical (unpaired) electrons. The molecule has 0 amide bonds. The molecule has 0 aromatic carbocycles. The van der Waals surface area contributed by atoms with Gasteiger partial charge in [0.05, 0.1) is 18.0 Å². The highest BCUT2D eigenvalue weighted by Gasteiger charge is 2.14. The lowest BCUT2D eigenvalue weighted by Gasteiger charge is -2.16. The number of hydrogen-bond acceptors (Lipinski definition) is 2. The lowest BCUT2D eigenvalue weighted by Crippen LogP contribution is -2.25. The van der Waals surface area contributed by atoms with Gasteiger partial charge in [-0.15, -0.1) is 0 Å². The van der Waals surface area contributed by atoms with Crippen LogP contribution in [0.2, 0.25) is 19.6 Å². The molecular formula is C11H17NOSi. The van der Waals surface area contributed by atoms with Crippen molar-refractivity contribution in [3.05, 3.63) is 36.2 Å². The van der Waals surface area contributed by atoms with Crippen molar-refractivity contribution in [3.63, 3.8) is 0 Å². The number of rotatable bonds is 4. The zero-order valence-electron chi connectivity index (χ0n) is 9.08. The fourth-order valence-corrected chi connectivity index (χ4v) is 1.56. The summed E-state index contributed by atoms with van der Waals surface area (Å²) in [5.74, 6) is 0. The molecule has 0 fully saturated rings. The number of pyridine rings is 1. The van der Waals surface area contributed by atoms with Gasteiger partial charge in [0.15, 0.2) is 8.32 Å². The molecule has 0 bridgehead atoms. The van der Waals surface area contributed by atoms with Crippen LogP contribution in [0.5, 0.6) is 0 Å². The zero-order valence-corrected chi connectivity index (χ0v) is 10.1. The second-order valence-corrected chi connectivity index (χ2v) is 8.67. The molecule has 0 aliphatic heterocycles. The number of hydrogen-bond donors (Lipinski definition) is 0. The molecule has 76 valence electrons. The fraction of sp³-hybridized carbons (Fsp3) is 0.364. The Bertz CT molecular complexity index is 317. The van der Waals surface area contributed by atoms with Crippen LogP contribution in [0.3, 0.4) is 0 Å². The van der Waals surface area contributed by atoms with E-state index in [1.54, 1.807) is 6.08 Å². The highest BCUT2D eigenvalue weighted by Crippen LogP contribution is 2.08. The van der Waals surface area contributed by atoms with Gasteiger partial charge in [-0.2, -0.15) is 0 Å². The first-order valence-electron chi connectivity index (χ1n) is 4.73. The third kappa shape index (κ3) is 3.85. The maximum Gasteiger partial charge on any atom is 0.184 e. The van der Waals surface area contributed by atoms with E-state index in [-0.39, 0.29) is 0 Å². The Morgan fingerprint density at radius 2 is 2.14 bits per heavy atom. The first-order chi connectivity index (χ1) is 6.51. The molecule has 1 rings (SSSR count). The standard InChI is InChI=1S/C11H17NOSi/c1-5-10-7-6-8-11(12-10)9-13-14(2,3)4/h5-8H,1,9H2,2-4H3. The predicted molar refractivity (Wildman–Crippen MR) is 62.5 cm³/mol. The second-order valence-electron chi connectivity index (χ2n) is 4.16. The van der Waals surface area contributed by atoms with E-state index in [2.05, 4.69) is 31.2 Å². The average Bonchev–Trinajstić information content (AvgIpc) is 2.14. The third-order valence-electron chi connectivity index (χ3n) is 1.69. The Hall–Kier alpha value is -0.933. The molecule has 2 nitrogen and oxygen atoms in total. The van der Waals surface area contributed by atoms with Gasteiger partial charge in [-0.05, 0) is 37.8 Å². The summed E-state index contributed by atoms with van der Waals surface area (Å²) in [6.45, 7) is 10.8. The van der Waals surface area contributed by atoms with Gasteiger partial charge in [-0.1, -0.05) is 12.6 Å². The summed E-state index contributed by atoms with van der Waals surface area (Å²) >= 11 is 0. The smallest absolute Gasteiger partial charge is 0.184 e. The summed E-state index contributed by atoms with van der Waals surface area (Å²) in [6, 6.07) is 5.89. The van der Waals surface area contributed by atoms with Gasteiger partial charge in [0.2, 0.25) is 0 Å². The highest BCUT2D eigenvalue weighted by molar-refractivity contribution is 6.69. The van der Waals surface area contributed by atoms with E-state index in [4.69, 9.17) is 4.43 Å². The van der Waals surface area contributed by atoms with Crippen molar-refractivity contribution in [2.75, 3.05) is 0 Å². The number of aromatic nitrogens is 1. The zero-order chi connectivity index (χ0) is 10.6. The van der Waals surface area contributed by atoms with Gasteiger partial charge in [0.25, 0.3) is 0 Å². The largest absolute Gasteiger partial charge is 0.412 e. The molecule has 0 spiro atoms. The molecule has 14 heavy (non-hydrogen) atoms. The first-order valence-corrected chi connectivity index (χ1v) is 8.14. The van der Waals surface area contributed by atoms with Gasteiger partial charge in [0, 0.05) is 0 Å². The molecule has 0 N–H and O–H groups in total. The van der Waals surface area contributed by atoms with Crippen LogP contribution in [0.15, 0.2) is 24.8 Å². The minimum absolute atomic E-state index is 0.609. The summed E-state index contributed by atoms with van der Waals surface area (Å²) in [7, 11) is -1.43. The molecule has 0 saturated heterocycles. The molecule has 1 aromatic rings. The van der Waals surface area contributed by atoms with Gasteiger partial charge in [0.1, 0.15) is 0 Å². The van der Waals surface area contributed by atoms with Crippen LogP contribution in [0, 0.1) is 0 Å². The molecule has 1 heterocycles. The molecule has 0 aliphatic carbocycles. The van der Waals surface area contributed by atoms with Gasteiger partial charge in [-0.3, -0.25) is 4.98 Å². The van der Waals surface area contributed by atoms with Crippen molar-refractivity contribution >= 4 is 14.4 Å². The lowest BCUT2D eigenvalue weighted by molar-refractivity contribution is 0.294. The molecule has 0 unspecified atom stereocenters. The molecule has 0 saturated carbocycles. The van der Waals surface area contributed by atoms with Crippen molar-refractivity contribution in [1.82, 2.24) is 4.98 Å². The van der Waals surface area contributed by atoms with Crippen LogP contribution in [0.25, 0.3) is 6.08 Å². The third-order valence-corrected chi connectivity index (χ3v) is 2.70. The van der Waals surface area contributed by atoms with Crippen molar-refractivity contribution in [2.24, 2.45) is 0 Å². The van der Waals surface area contributed by atoms with E-state index in [0.29, 0.717) is 6.61 Å². The van der Waals surface area contributed by atoms with Gasteiger partial charge < -0.3 is 4.43 Å². The fourth-order valence-electron chi connectivity index (χ4n) is 0.983. The van der Waals surface area contributed by atoms with E-state index in [1.807, 2.05) is 18.2 Å². The van der Waals surface area contributed by atoms with Crippen LogP contribution in [0.4, 0.5) is 0 Å². The first kappa shape index (κ1) is 11.1. The monoisotopic (exact) mass is 207 g/mol. The topological polar surface area (TPSA) is 22.1 Å². The summed E-state index contributed by atoms with van der Waals surface area (Å²) in [5, 5.41) is 0. The Kier molecular flexibility index (Phi) is 3.60. The second kappa shape index (κ2) is 4.53. The van der Waals surface area contributed by atoms with E-state index in [9.17, 15) is 0 Å². The summed E-state index contributed by atoms with van der Waals surface area (Å²) in [6.07, 6.45) is 1.75. The van der Waals surface area contributed by atoms with Crippen LogP contribution in [-0.2, 0) is 11.0 Å². The van der Waals surface area contributed by atoms with E-state index < -0.39 is 8.32 Å². The summed E-state index contributed by atoms with van der Waals surface area (Å²) in [5.41, 5.74) is 1.88. The predicted octanol–water partition coefficient (Wildman–Crippen LogP) is 3.08. The van der Waals surface area contributed by atoms with Gasteiger partial charge >= 0.3 is 0 Å². The normalized spacial score (nSPS) is 11.4. The summed E-state index contributed by atoms with van der Waals surface area (Å²) < 4.78 is 5.76. The van der Waals surface area contributed by atoms with Crippen molar-refractivity contribution in [1.29, 1.82) is 0 Å². The molecular weight excluding hydrogens is 190 g/mol. The molecule has 0 atom stereocenters. The Morgan fingerprint density at radius 3 is 2.71 bits per heavy atom. The summed E-state index contributed by atoms with van der Waals surface area (Å²) in [4.78, 5) is 4.37. The van der Waals surface area contributed by atoms with Crippen LogP contribution in [0.1, 0.15) is 11.4 Å².